The van der Waals surface area contributed by atoms with Crippen molar-refractivity contribution in [2.24, 2.45) is 0 Å². The summed E-state index contributed by atoms with van der Waals surface area (Å²) >= 11 is 1.63. The van der Waals surface area contributed by atoms with Crippen molar-refractivity contribution >= 4 is 22.2 Å². The Hall–Kier alpha value is -1.81. The molecule has 0 aliphatic heterocycles. The van der Waals surface area contributed by atoms with Crippen LogP contribution >= 0.6 is 11.3 Å². The molecule has 4 heteroatoms. The van der Waals surface area contributed by atoms with Gasteiger partial charge in [0, 0.05) is 28.5 Å². The number of hydrogen-bond donors (Lipinski definition) is 1. The number of rotatable bonds is 3. The van der Waals surface area contributed by atoms with E-state index in [1.807, 2.05) is 30.6 Å². The lowest BCUT2D eigenvalue weighted by molar-refractivity contribution is 0.340. The van der Waals surface area contributed by atoms with Gasteiger partial charge in [-0.15, -0.1) is 11.3 Å². The maximum Gasteiger partial charge on any atom is 0.139 e. The maximum absolute atomic E-state index is 5.48. The number of aromatic amines is 1. The summed E-state index contributed by atoms with van der Waals surface area (Å²) in [6.45, 7) is 2.67. The third kappa shape index (κ3) is 1.91. The molecule has 0 saturated heterocycles. The second-order valence-electron chi connectivity index (χ2n) is 3.70. The van der Waals surface area contributed by atoms with E-state index >= 15 is 0 Å². The van der Waals surface area contributed by atoms with Gasteiger partial charge >= 0.3 is 0 Å². The standard InChI is InChI=1S/C13H12N2OS/c1-2-16-10-4-3-9-7-12(15-11(9)8-10)13-14-5-6-17-13/h3-8,15H,2H2,1H3. The number of hydrogen-bond acceptors (Lipinski definition) is 3. The molecule has 0 amide bonds. The lowest BCUT2D eigenvalue weighted by Crippen LogP contribution is -1.90. The molecule has 0 unspecified atom stereocenters. The van der Waals surface area contributed by atoms with Gasteiger partial charge in [0.25, 0.3) is 0 Å². The number of H-pyrrole nitrogens is 1. The average Bonchev–Trinajstić information content (AvgIpc) is 2.97. The molecule has 2 heterocycles. The molecule has 1 aromatic carbocycles. The van der Waals surface area contributed by atoms with Crippen molar-refractivity contribution in [3.8, 4) is 16.5 Å². The zero-order chi connectivity index (χ0) is 11.7. The summed E-state index contributed by atoms with van der Waals surface area (Å²) in [5, 5.41) is 4.17. The van der Waals surface area contributed by atoms with Gasteiger partial charge in [-0.1, -0.05) is 0 Å². The predicted octanol–water partition coefficient (Wildman–Crippen LogP) is 3.69. The first-order valence-electron chi connectivity index (χ1n) is 5.52. The van der Waals surface area contributed by atoms with E-state index < -0.39 is 0 Å². The topological polar surface area (TPSA) is 37.9 Å². The second kappa shape index (κ2) is 4.22. The zero-order valence-corrected chi connectivity index (χ0v) is 10.3. The van der Waals surface area contributed by atoms with Crippen LogP contribution in [0.2, 0.25) is 0 Å². The summed E-state index contributed by atoms with van der Waals surface area (Å²) in [7, 11) is 0. The summed E-state index contributed by atoms with van der Waals surface area (Å²) < 4.78 is 5.48. The monoisotopic (exact) mass is 244 g/mol. The number of ether oxygens (including phenoxy) is 1. The Kier molecular flexibility index (Phi) is 2.57. The van der Waals surface area contributed by atoms with Gasteiger partial charge in [-0.25, -0.2) is 4.98 Å². The van der Waals surface area contributed by atoms with Gasteiger partial charge in [0.05, 0.1) is 12.3 Å². The number of nitrogens with zero attached hydrogens (tertiary/aromatic N) is 1. The van der Waals surface area contributed by atoms with Crippen molar-refractivity contribution in [3.63, 3.8) is 0 Å². The molecule has 0 bridgehead atoms. The van der Waals surface area contributed by atoms with E-state index in [-0.39, 0.29) is 0 Å². The molecule has 0 aliphatic rings. The zero-order valence-electron chi connectivity index (χ0n) is 9.43. The summed E-state index contributed by atoms with van der Waals surface area (Å²) in [5.74, 6) is 0.896. The molecular weight excluding hydrogens is 232 g/mol. The van der Waals surface area contributed by atoms with E-state index in [2.05, 4.69) is 22.1 Å². The minimum Gasteiger partial charge on any atom is -0.494 e. The van der Waals surface area contributed by atoms with Gasteiger partial charge in [-0.3, -0.25) is 0 Å². The molecule has 17 heavy (non-hydrogen) atoms. The fourth-order valence-electron chi connectivity index (χ4n) is 1.83. The van der Waals surface area contributed by atoms with Crippen molar-refractivity contribution in [3.05, 3.63) is 35.8 Å². The van der Waals surface area contributed by atoms with Crippen molar-refractivity contribution < 1.29 is 4.74 Å². The first-order chi connectivity index (χ1) is 8.36. The van der Waals surface area contributed by atoms with Crippen LogP contribution in [-0.2, 0) is 0 Å². The maximum atomic E-state index is 5.48. The van der Waals surface area contributed by atoms with Gasteiger partial charge in [-0.2, -0.15) is 0 Å². The molecule has 2 aromatic heterocycles. The van der Waals surface area contributed by atoms with Crippen LogP contribution in [-0.4, -0.2) is 16.6 Å². The molecule has 3 nitrogen and oxygen atoms in total. The molecular formula is C13H12N2OS. The first-order valence-corrected chi connectivity index (χ1v) is 6.40. The minimum atomic E-state index is 0.686. The Labute approximate surface area is 103 Å². The molecule has 0 atom stereocenters. The first kappa shape index (κ1) is 10.4. The van der Waals surface area contributed by atoms with Gasteiger partial charge < -0.3 is 9.72 Å². The Bertz CT molecular complexity index is 628. The summed E-state index contributed by atoms with van der Waals surface area (Å²) in [4.78, 5) is 7.66. The highest BCUT2D eigenvalue weighted by atomic mass is 32.1. The Morgan fingerprint density at radius 2 is 2.29 bits per heavy atom. The van der Waals surface area contributed by atoms with Crippen LogP contribution in [0.3, 0.4) is 0 Å². The summed E-state index contributed by atoms with van der Waals surface area (Å²) in [6.07, 6.45) is 1.82. The van der Waals surface area contributed by atoms with Gasteiger partial charge in [0.2, 0.25) is 0 Å². The van der Waals surface area contributed by atoms with E-state index in [9.17, 15) is 0 Å². The summed E-state index contributed by atoms with van der Waals surface area (Å²) in [5.41, 5.74) is 2.14. The van der Waals surface area contributed by atoms with Crippen LogP contribution < -0.4 is 4.74 Å². The van der Waals surface area contributed by atoms with Crippen molar-refractivity contribution in [2.45, 2.75) is 6.92 Å². The largest absolute Gasteiger partial charge is 0.494 e. The van der Waals surface area contributed by atoms with E-state index in [0.717, 1.165) is 22.0 Å². The third-order valence-electron chi connectivity index (χ3n) is 2.57. The molecule has 0 radical (unpaired) electrons. The number of fused-ring (bicyclic) bond motifs is 1. The molecule has 0 spiro atoms. The van der Waals surface area contributed by atoms with Gasteiger partial charge in [0.1, 0.15) is 10.8 Å². The number of aromatic nitrogens is 2. The summed E-state index contributed by atoms with van der Waals surface area (Å²) in [6, 6.07) is 8.19. The van der Waals surface area contributed by atoms with Crippen LogP contribution in [0.5, 0.6) is 5.75 Å². The van der Waals surface area contributed by atoms with Crippen molar-refractivity contribution in [1.82, 2.24) is 9.97 Å². The smallest absolute Gasteiger partial charge is 0.139 e. The molecule has 3 aromatic rings. The predicted molar refractivity (Wildman–Crippen MR) is 70.6 cm³/mol. The molecule has 0 aliphatic carbocycles. The number of benzene rings is 1. The highest BCUT2D eigenvalue weighted by Crippen LogP contribution is 2.27. The van der Waals surface area contributed by atoms with Crippen LogP contribution in [0, 0.1) is 0 Å². The number of nitrogens with one attached hydrogen (secondary N) is 1. The Balaban J connectivity index is 2.07. The minimum absolute atomic E-state index is 0.686. The van der Waals surface area contributed by atoms with E-state index in [4.69, 9.17) is 4.74 Å². The molecule has 86 valence electrons. The molecule has 1 N–H and O–H groups in total. The lowest BCUT2D eigenvalue weighted by Gasteiger charge is -2.01. The molecule has 3 rings (SSSR count). The Morgan fingerprint density at radius 3 is 3.06 bits per heavy atom. The highest BCUT2D eigenvalue weighted by Gasteiger charge is 2.06. The molecule has 0 fully saturated rings. The normalized spacial score (nSPS) is 10.9. The number of thiazole rings is 1. The molecule has 0 saturated carbocycles. The van der Waals surface area contributed by atoms with Crippen LogP contribution in [0.4, 0.5) is 0 Å². The fourth-order valence-corrected chi connectivity index (χ4v) is 2.44. The van der Waals surface area contributed by atoms with Crippen LogP contribution in [0.15, 0.2) is 35.8 Å². The van der Waals surface area contributed by atoms with Crippen LogP contribution in [0.1, 0.15) is 6.92 Å². The quantitative estimate of drug-likeness (QED) is 0.763. The van der Waals surface area contributed by atoms with E-state index in [1.165, 1.54) is 5.39 Å². The second-order valence-corrected chi connectivity index (χ2v) is 4.60. The lowest BCUT2D eigenvalue weighted by atomic mass is 10.2. The fraction of sp³-hybridized carbons (Fsp3) is 0.154. The van der Waals surface area contributed by atoms with Crippen LogP contribution in [0.25, 0.3) is 21.6 Å². The Morgan fingerprint density at radius 1 is 1.35 bits per heavy atom. The van der Waals surface area contributed by atoms with Crippen molar-refractivity contribution in [1.29, 1.82) is 0 Å². The average molecular weight is 244 g/mol. The van der Waals surface area contributed by atoms with E-state index in [0.29, 0.717) is 6.61 Å². The SMILES string of the molecule is CCOc1ccc2cc(-c3nccs3)[nH]c2c1. The van der Waals surface area contributed by atoms with E-state index in [1.54, 1.807) is 11.3 Å². The van der Waals surface area contributed by atoms with Crippen molar-refractivity contribution in [2.75, 3.05) is 6.61 Å². The third-order valence-corrected chi connectivity index (χ3v) is 3.37. The van der Waals surface area contributed by atoms with Gasteiger partial charge in [0.15, 0.2) is 0 Å². The highest BCUT2D eigenvalue weighted by molar-refractivity contribution is 7.13. The van der Waals surface area contributed by atoms with Gasteiger partial charge in [-0.05, 0) is 25.1 Å².